The van der Waals surface area contributed by atoms with Crippen molar-refractivity contribution in [3.8, 4) is 0 Å². The Morgan fingerprint density at radius 2 is 0.760 bits per heavy atom. The molecule has 2 atom stereocenters. The third-order valence-corrected chi connectivity index (χ3v) is 11.2. The van der Waals surface area contributed by atoms with E-state index in [4.69, 9.17) is 0 Å². The molecule has 8 aliphatic carbocycles. The molecule has 1 saturated heterocycles. The van der Waals surface area contributed by atoms with E-state index in [0.29, 0.717) is 0 Å². The van der Waals surface area contributed by atoms with Gasteiger partial charge >= 0.3 is 10.2 Å². The first-order chi connectivity index (χ1) is 12.0. The lowest BCUT2D eigenvalue weighted by Crippen LogP contribution is -2.60. The van der Waals surface area contributed by atoms with E-state index in [9.17, 15) is 8.42 Å². The van der Waals surface area contributed by atoms with E-state index in [1.165, 1.54) is 38.5 Å². The molecule has 1 heterocycles. The molecular formula is C20H30N2O2S. The highest BCUT2D eigenvalue weighted by Crippen LogP contribution is 2.66. The molecule has 8 bridgehead atoms. The fourth-order valence-electron chi connectivity index (χ4n) is 9.62. The molecule has 0 aromatic rings. The molecule has 138 valence electrons. The predicted octanol–water partition coefficient (Wildman–Crippen LogP) is 3.70. The van der Waals surface area contributed by atoms with Gasteiger partial charge in [0.2, 0.25) is 0 Å². The molecule has 0 aromatic heterocycles. The zero-order valence-electron chi connectivity index (χ0n) is 15.1. The summed E-state index contributed by atoms with van der Waals surface area (Å²) in [6, 6.07) is 0. The molecule has 4 nitrogen and oxygen atoms in total. The van der Waals surface area contributed by atoms with Crippen LogP contribution in [0.25, 0.3) is 0 Å². The second-order valence-electron chi connectivity index (χ2n) is 11.3. The maximum absolute atomic E-state index is 13.3. The molecule has 2 unspecified atom stereocenters. The van der Waals surface area contributed by atoms with E-state index in [1.54, 1.807) is 0 Å². The Balaban J connectivity index is 1.27. The van der Waals surface area contributed by atoms with Gasteiger partial charge in [0.05, 0.1) is 11.1 Å². The first-order valence-corrected chi connectivity index (χ1v) is 12.2. The van der Waals surface area contributed by atoms with E-state index in [0.717, 1.165) is 74.0 Å². The first kappa shape index (κ1) is 14.9. The van der Waals surface area contributed by atoms with Crippen LogP contribution in [0.3, 0.4) is 0 Å². The number of rotatable bonds is 2. The molecule has 8 saturated carbocycles. The Morgan fingerprint density at radius 1 is 0.520 bits per heavy atom. The summed E-state index contributed by atoms with van der Waals surface area (Å²) in [4.78, 5) is 0. The molecule has 0 N–H and O–H groups in total. The highest BCUT2D eigenvalue weighted by Gasteiger charge is 2.74. The van der Waals surface area contributed by atoms with Gasteiger partial charge in [-0.2, -0.15) is 8.42 Å². The summed E-state index contributed by atoms with van der Waals surface area (Å²) >= 11 is 0. The minimum absolute atomic E-state index is 0.0169. The Bertz CT molecular complexity index is 618. The van der Waals surface area contributed by atoms with Crippen molar-refractivity contribution < 1.29 is 8.42 Å². The van der Waals surface area contributed by atoms with Crippen molar-refractivity contribution in [2.75, 3.05) is 0 Å². The molecule has 9 aliphatic rings. The van der Waals surface area contributed by atoms with Crippen LogP contribution in [-0.2, 0) is 10.2 Å². The van der Waals surface area contributed by atoms with Crippen LogP contribution in [0.1, 0.15) is 77.0 Å². The van der Waals surface area contributed by atoms with E-state index < -0.39 is 10.2 Å². The average molecular weight is 363 g/mol. The second kappa shape index (κ2) is 4.30. The maximum atomic E-state index is 13.3. The van der Waals surface area contributed by atoms with E-state index in [2.05, 4.69) is 0 Å². The lowest BCUT2D eigenvalue weighted by atomic mass is 9.52. The van der Waals surface area contributed by atoms with Crippen molar-refractivity contribution in [2.24, 2.45) is 35.5 Å². The zero-order valence-corrected chi connectivity index (χ0v) is 15.9. The van der Waals surface area contributed by atoms with Crippen molar-refractivity contribution in [1.29, 1.82) is 0 Å². The van der Waals surface area contributed by atoms with Gasteiger partial charge in [0, 0.05) is 0 Å². The minimum Gasteiger partial charge on any atom is -0.192 e. The molecule has 5 heteroatoms. The Hall–Kier alpha value is -0.130. The van der Waals surface area contributed by atoms with Gasteiger partial charge in [-0.15, -0.1) is 0 Å². The Kier molecular flexibility index (Phi) is 2.56. The fourth-order valence-corrected chi connectivity index (χ4v) is 11.9. The number of nitrogens with zero attached hydrogens (tertiary/aromatic N) is 2. The van der Waals surface area contributed by atoms with Crippen LogP contribution in [0.4, 0.5) is 0 Å². The molecule has 0 radical (unpaired) electrons. The van der Waals surface area contributed by atoms with Crippen molar-refractivity contribution in [1.82, 2.24) is 8.83 Å². The first-order valence-electron chi connectivity index (χ1n) is 10.8. The topological polar surface area (TPSA) is 40.2 Å². The standard InChI is InChI=1S/C20H30N2O2S/c23-25(24)21(19-7-13-1-14(8-19)3-15(2-13)9-19)22(25)20-10-16-4-17(11-20)6-18(5-16)12-20/h13-18H,1-12H2. The molecule has 9 fully saturated rings. The number of hydrazine groups is 1. The largest absolute Gasteiger partial charge is 0.311 e. The molecule has 0 aromatic carbocycles. The molecule has 1 aliphatic heterocycles. The molecule has 9 rings (SSSR count). The zero-order chi connectivity index (χ0) is 16.6. The summed E-state index contributed by atoms with van der Waals surface area (Å²) in [7, 11) is -3.16. The summed E-state index contributed by atoms with van der Waals surface area (Å²) < 4.78 is 30.6. The van der Waals surface area contributed by atoms with Gasteiger partial charge in [-0.05, 0) is 113 Å². The summed E-state index contributed by atoms with van der Waals surface area (Å²) in [5.41, 5.74) is -0.0339. The van der Waals surface area contributed by atoms with E-state index >= 15 is 0 Å². The number of hydrogen-bond acceptors (Lipinski definition) is 2. The van der Waals surface area contributed by atoms with Gasteiger partial charge in [0.15, 0.2) is 0 Å². The van der Waals surface area contributed by atoms with Crippen LogP contribution >= 0.6 is 0 Å². The minimum atomic E-state index is -3.16. The van der Waals surface area contributed by atoms with Crippen molar-refractivity contribution in [3.63, 3.8) is 0 Å². The molecular weight excluding hydrogens is 332 g/mol. The summed E-state index contributed by atoms with van der Waals surface area (Å²) in [6.07, 6.45) is 15.2. The van der Waals surface area contributed by atoms with Crippen LogP contribution in [0.5, 0.6) is 0 Å². The highest BCUT2D eigenvalue weighted by molar-refractivity contribution is 7.92. The third-order valence-electron chi connectivity index (χ3n) is 9.40. The van der Waals surface area contributed by atoms with Gasteiger partial charge in [-0.25, -0.2) is 0 Å². The van der Waals surface area contributed by atoms with Gasteiger partial charge in [0.1, 0.15) is 0 Å². The van der Waals surface area contributed by atoms with Gasteiger partial charge in [-0.1, -0.05) is 8.83 Å². The van der Waals surface area contributed by atoms with Crippen molar-refractivity contribution >= 4 is 10.2 Å². The van der Waals surface area contributed by atoms with E-state index in [-0.39, 0.29) is 11.1 Å². The second-order valence-corrected chi connectivity index (χ2v) is 12.9. The van der Waals surface area contributed by atoms with Gasteiger partial charge in [0.25, 0.3) is 0 Å². The van der Waals surface area contributed by atoms with Crippen LogP contribution in [0.15, 0.2) is 0 Å². The van der Waals surface area contributed by atoms with Crippen LogP contribution in [-0.4, -0.2) is 28.3 Å². The predicted molar refractivity (Wildman–Crippen MR) is 94.4 cm³/mol. The smallest absolute Gasteiger partial charge is 0.192 e. The summed E-state index contributed by atoms with van der Waals surface area (Å²) in [6.45, 7) is 0. The molecule has 0 amide bonds. The van der Waals surface area contributed by atoms with Crippen LogP contribution in [0, 0.1) is 35.5 Å². The average Bonchev–Trinajstić information content (AvgIpc) is 3.09. The fraction of sp³-hybridized carbons (Fsp3) is 1.00. The van der Waals surface area contributed by atoms with Gasteiger partial charge < -0.3 is 0 Å². The van der Waals surface area contributed by atoms with Crippen LogP contribution in [0.2, 0.25) is 0 Å². The Morgan fingerprint density at radius 3 is 1.00 bits per heavy atom. The van der Waals surface area contributed by atoms with Crippen molar-refractivity contribution in [2.45, 2.75) is 88.1 Å². The molecule has 25 heavy (non-hydrogen) atoms. The monoisotopic (exact) mass is 362 g/mol. The normalized spacial score (nSPS) is 65.4. The summed E-state index contributed by atoms with van der Waals surface area (Å²) in [5.74, 6) is 4.83. The summed E-state index contributed by atoms with van der Waals surface area (Å²) in [5, 5.41) is 0. The van der Waals surface area contributed by atoms with Crippen molar-refractivity contribution in [3.05, 3.63) is 0 Å². The lowest BCUT2D eigenvalue weighted by molar-refractivity contribution is -0.120. The quantitative estimate of drug-likeness (QED) is 0.703. The SMILES string of the molecule is O=S1(=O)N(C23CC4CC(CC(C4)C2)C3)N1C12CC3CC(CC(C3)C1)C2. The Labute approximate surface area is 151 Å². The highest BCUT2D eigenvalue weighted by atomic mass is 32.2. The molecule has 0 spiro atoms. The lowest BCUT2D eigenvalue weighted by Gasteiger charge is -2.58. The maximum Gasteiger partial charge on any atom is 0.311 e. The van der Waals surface area contributed by atoms with E-state index in [1.807, 2.05) is 8.83 Å². The van der Waals surface area contributed by atoms with Gasteiger partial charge in [-0.3, -0.25) is 0 Å². The van der Waals surface area contributed by atoms with Crippen LogP contribution < -0.4 is 0 Å². The third kappa shape index (κ3) is 1.79. The number of hydrogen-bond donors (Lipinski definition) is 0.